The molecule has 1 aliphatic heterocycles. The normalized spacial score (nSPS) is 26.2. The standard InChI is InChI=1S/C10H15FN2O2/c1-8(2)15-9(14)13-5-3-4-10(11,6-12)7-13/h8H,3-5,7H2,1-2H3. The Hall–Kier alpha value is -1.31. The molecular weight excluding hydrogens is 199 g/mol. The molecule has 0 aromatic rings. The molecule has 1 atom stereocenters. The Morgan fingerprint density at radius 2 is 2.33 bits per heavy atom. The maximum Gasteiger partial charge on any atom is 0.410 e. The van der Waals surface area contributed by atoms with Crippen molar-refractivity contribution in [2.24, 2.45) is 0 Å². The summed E-state index contributed by atoms with van der Waals surface area (Å²) in [5, 5.41) is 8.63. The largest absolute Gasteiger partial charge is 0.447 e. The second kappa shape index (κ2) is 4.47. The van der Waals surface area contributed by atoms with Gasteiger partial charge in [0.05, 0.1) is 12.6 Å². The van der Waals surface area contributed by atoms with E-state index in [9.17, 15) is 9.18 Å². The lowest BCUT2D eigenvalue weighted by Gasteiger charge is -2.32. The van der Waals surface area contributed by atoms with Crippen LogP contribution >= 0.6 is 0 Å². The van der Waals surface area contributed by atoms with Gasteiger partial charge in [-0.3, -0.25) is 0 Å². The Morgan fingerprint density at radius 3 is 2.87 bits per heavy atom. The maximum atomic E-state index is 13.6. The van der Waals surface area contributed by atoms with Gasteiger partial charge in [0.2, 0.25) is 5.67 Å². The molecule has 15 heavy (non-hydrogen) atoms. The Labute approximate surface area is 88.6 Å². The smallest absolute Gasteiger partial charge is 0.410 e. The molecular formula is C10H15FN2O2. The monoisotopic (exact) mass is 214 g/mol. The Balaban J connectivity index is 2.57. The third-order valence-electron chi connectivity index (χ3n) is 2.24. The van der Waals surface area contributed by atoms with E-state index in [4.69, 9.17) is 10.00 Å². The molecule has 1 saturated heterocycles. The first kappa shape index (κ1) is 11.8. The maximum absolute atomic E-state index is 13.6. The van der Waals surface area contributed by atoms with Crippen molar-refractivity contribution in [2.45, 2.75) is 38.5 Å². The molecule has 0 spiro atoms. The van der Waals surface area contributed by atoms with Gasteiger partial charge in [-0.25, -0.2) is 9.18 Å². The fraction of sp³-hybridized carbons (Fsp3) is 0.800. The van der Waals surface area contributed by atoms with E-state index in [1.165, 1.54) is 4.90 Å². The van der Waals surface area contributed by atoms with Gasteiger partial charge in [0.1, 0.15) is 6.07 Å². The highest BCUT2D eigenvalue weighted by Gasteiger charge is 2.38. The molecule has 5 heteroatoms. The average molecular weight is 214 g/mol. The number of carbonyl (C=O) groups is 1. The number of halogens is 1. The van der Waals surface area contributed by atoms with Gasteiger partial charge in [0.25, 0.3) is 0 Å². The van der Waals surface area contributed by atoms with E-state index in [1.54, 1.807) is 19.9 Å². The van der Waals surface area contributed by atoms with Crippen molar-refractivity contribution >= 4 is 6.09 Å². The zero-order valence-corrected chi connectivity index (χ0v) is 8.99. The highest BCUT2D eigenvalue weighted by molar-refractivity contribution is 5.68. The van der Waals surface area contributed by atoms with Crippen molar-refractivity contribution < 1.29 is 13.9 Å². The molecule has 0 aromatic carbocycles. The second-order valence-corrected chi connectivity index (χ2v) is 4.03. The molecule has 0 radical (unpaired) electrons. The molecule has 0 aromatic heterocycles. The molecule has 4 nitrogen and oxygen atoms in total. The van der Waals surface area contributed by atoms with Gasteiger partial charge in [-0.05, 0) is 26.7 Å². The number of hydrogen-bond acceptors (Lipinski definition) is 3. The van der Waals surface area contributed by atoms with Crippen LogP contribution in [-0.2, 0) is 4.74 Å². The number of rotatable bonds is 1. The third-order valence-corrected chi connectivity index (χ3v) is 2.24. The van der Waals surface area contributed by atoms with Crippen LogP contribution in [0, 0.1) is 11.3 Å². The number of hydrogen-bond donors (Lipinski definition) is 0. The first-order valence-electron chi connectivity index (χ1n) is 5.02. The lowest BCUT2D eigenvalue weighted by Crippen LogP contribution is -2.47. The molecule has 1 fully saturated rings. The van der Waals surface area contributed by atoms with Crippen molar-refractivity contribution in [2.75, 3.05) is 13.1 Å². The number of nitriles is 1. The first-order chi connectivity index (χ1) is 6.97. The first-order valence-corrected chi connectivity index (χ1v) is 5.02. The van der Waals surface area contributed by atoms with Gasteiger partial charge in [0, 0.05) is 6.54 Å². The zero-order valence-electron chi connectivity index (χ0n) is 8.99. The molecule has 1 amide bonds. The minimum atomic E-state index is -1.91. The molecule has 84 valence electrons. The number of alkyl halides is 1. The number of amides is 1. The number of ether oxygens (including phenoxy) is 1. The predicted molar refractivity (Wildman–Crippen MR) is 51.9 cm³/mol. The van der Waals surface area contributed by atoms with E-state index < -0.39 is 11.8 Å². The number of piperidine rings is 1. The van der Waals surface area contributed by atoms with E-state index in [-0.39, 0.29) is 19.1 Å². The molecule has 0 saturated carbocycles. The van der Waals surface area contributed by atoms with E-state index in [0.717, 1.165) is 0 Å². The van der Waals surface area contributed by atoms with Gasteiger partial charge in [0.15, 0.2) is 0 Å². The topological polar surface area (TPSA) is 53.3 Å². The van der Waals surface area contributed by atoms with Crippen LogP contribution in [0.25, 0.3) is 0 Å². The van der Waals surface area contributed by atoms with Gasteiger partial charge >= 0.3 is 6.09 Å². The summed E-state index contributed by atoms with van der Waals surface area (Å²) in [6.45, 7) is 3.73. The molecule has 1 aliphatic rings. The quantitative estimate of drug-likeness (QED) is 0.669. The second-order valence-electron chi connectivity index (χ2n) is 4.03. The van der Waals surface area contributed by atoms with E-state index in [0.29, 0.717) is 13.0 Å². The van der Waals surface area contributed by atoms with Crippen LogP contribution in [0.1, 0.15) is 26.7 Å². The average Bonchev–Trinajstić information content (AvgIpc) is 2.17. The van der Waals surface area contributed by atoms with Crippen molar-refractivity contribution in [1.82, 2.24) is 4.90 Å². The van der Waals surface area contributed by atoms with Gasteiger partial charge in [-0.2, -0.15) is 5.26 Å². The number of likely N-dealkylation sites (tertiary alicyclic amines) is 1. The van der Waals surface area contributed by atoms with Gasteiger partial charge < -0.3 is 9.64 Å². The van der Waals surface area contributed by atoms with Crippen molar-refractivity contribution in [3.05, 3.63) is 0 Å². The summed E-state index contributed by atoms with van der Waals surface area (Å²) < 4.78 is 18.6. The van der Waals surface area contributed by atoms with Crippen molar-refractivity contribution in [3.8, 4) is 6.07 Å². The Kier molecular flexibility index (Phi) is 3.51. The summed E-state index contributed by atoms with van der Waals surface area (Å²) in [5.41, 5.74) is -1.91. The summed E-state index contributed by atoms with van der Waals surface area (Å²) in [5.74, 6) is 0. The van der Waals surface area contributed by atoms with Crippen LogP contribution in [0.3, 0.4) is 0 Å². The molecule has 1 rings (SSSR count). The SMILES string of the molecule is CC(C)OC(=O)N1CCCC(F)(C#N)C1. The van der Waals surface area contributed by atoms with Crippen LogP contribution in [0.15, 0.2) is 0 Å². The van der Waals surface area contributed by atoms with E-state index >= 15 is 0 Å². The lowest BCUT2D eigenvalue weighted by atomic mass is 9.97. The predicted octanol–water partition coefficient (Wildman–Crippen LogP) is 1.86. The van der Waals surface area contributed by atoms with Crippen molar-refractivity contribution in [3.63, 3.8) is 0 Å². The number of nitrogens with zero attached hydrogens (tertiary/aromatic N) is 2. The van der Waals surface area contributed by atoms with E-state index in [1.807, 2.05) is 0 Å². The fourth-order valence-electron chi connectivity index (χ4n) is 1.53. The third kappa shape index (κ3) is 3.08. The van der Waals surface area contributed by atoms with Crippen LogP contribution in [0.5, 0.6) is 0 Å². The van der Waals surface area contributed by atoms with Crippen LogP contribution in [-0.4, -0.2) is 35.9 Å². The minimum Gasteiger partial charge on any atom is -0.447 e. The molecule has 0 aliphatic carbocycles. The van der Waals surface area contributed by atoms with Crippen LogP contribution in [0.4, 0.5) is 9.18 Å². The van der Waals surface area contributed by atoms with Gasteiger partial charge in [-0.15, -0.1) is 0 Å². The molecule has 0 bridgehead atoms. The summed E-state index contributed by atoms with van der Waals surface area (Å²) in [6, 6.07) is 1.60. The van der Waals surface area contributed by atoms with Crippen molar-refractivity contribution in [1.29, 1.82) is 5.26 Å². The Bertz CT molecular complexity index is 288. The molecule has 1 unspecified atom stereocenters. The molecule has 0 N–H and O–H groups in total. The summed E-state index contributed by atoms with van der Waals surface area (Å²) in [4.78, 5) is 12.7. The lowest BCUT2D eigenvalue weighted by molar-refractivity contribution is 0.0419. The fourth-order valence-corrected chi connectivity index (χ4v) is 1.53. The summed E-state index contributed by atoms with van der Waals surface area (Å²) in [6.07, 6.45) is -0.0795. The highest BCUT2D eigenvalue weighted by atomic mass is 19.1. The molecule has 1 heterocycles. The summed E-state index contributed by atoms with van der Waals surface area (Å²) >= 11 is 0. The van der Waals surface area contributed by atoms with Gasteiger partial charge in [-0.1, -0.05) is 0 Å². The van der Waals surface area contributed by atoms with Crippen LogP contribution in [0.2, 0.25) is 0 Å². The Morgan fingerprint density at radius 1 is 1.67 bits per heavy atom. The van der Waals surface area contributed by atoms with E-state index in [2.05, 4.69) is 0 Å². The summed E-state index contributed by atoms with van der Waals surface area (Å²) in [7, 11) is 0. The highest BCUT2D eigenvalue weighted by Crippen LogP contribution is 2.24. The minimum absolute atomic E-state index is 0.185. The number of carbonyl (C=O) groups excluding carboxylic acids is 1. The van der Waals surface area contributed by atoms with Crippen LogP contribution < -0.4 is 0 Å². The zero-order chi connectivity index (χ0) is 11.5.